The molecule has 17 heavy (non-hydrogen) atoms. The zero-order valence-electron chi connectivity index (χ0n) is 8.39. The number of nitrogens with zero attached hydrogens (tertiary/aromatic N) is 2. The van der Waals surface area contributed by atoms with Crippen LogP contribution < -0.4 is 0 Å². The highest BCUT2D eigenvalue weighted by Gasteiger charge is 2.14. The molecule has 2 rings (SSSR count). The average Bonchev–Trinajstić information content (AvgIpc) is 2.30. The van der Waals surface area contributed by atoms with E-state index in [1.165, 1.54) is 6.20 Å². The summed E-state index contributed by atoms with van der Waals surface area (Å²) in [6.45, 7) is 0. The number of carboxylic acid groups (broad SMARTS) is 1. The fourth-order valence-electron chi connectivity index (χ4n) is 1.29. The van der Waals surface area contributed by atoms with Crippen LogP contribution in [0.3, 0.4) is 0 Å². The van der Waals surface area contributed by atoms with Gasteiger partial charge in [0.25, 0.3) is 0 Å². The number of benzene rings is 1. The summed E-state index contributed by atoms with van der Waals surface area (Å²) in [5.74, 6) is -0.717. The van der Waals surface area contributed by atoms with Crippen molar-refractivity contribution in [3.63, 3.8) is 0 Å². The normalized spacial score (nSPS) is 10.2. The number of hydrogen-bond donors (Lipinski definition) is 1. The maximum absolute atomic E-state index is 11.0. The number of carbonyl (C=O) groups is 1. The molecule has 2 aromatic rings. The first-order valence-electron chi connectivity index (χ1n) is 4.60. The Labute approximate surface area is 114 Å². The summed E-state index contributed by atoms with van der Waals surface area (Å²) >= 11 is 6.48. The molecule has 0 aliphatic carbocycles. The third-order valence-corrected chi connectivity index (χ3v) is 3.33. The van der Waals surface area contributed by atoms with Gasteiger partial charge in [0.05, 0.1) is 4.47 Å². The van der Waals surface area contributed by atoms with Crippen LogP contribution in [-0.2, 0) is 0 Å². The van der Waals surface area contributed by atoms with E-state index in [0.29, 0.717) is 10.3 Å². The number of aromatic nitrogens is 2. The summed E-state index contributed by atoms with van der Waals surface area (Å²) in [6.07, 6.45) is 1.44. The smallest absolute Gasteiger partial charge is 0.355 e. The van der Waals surface area contributed by atoms with Crippen molar-refractivity contribution in [2.24, 2.45) is 0 Å². The number of aromatic carboxylic acids is 1. The Morgan fingerprint density at radius 2 is 1.88 bits per heavy atom. The van der Waals surface area contributed by atoms with E-state index in [1.54, 1.807) is 0 Å². The van der Waals surface area contributed by atoms with Gasteiger partial charge in [0.1, 0.15) is 0 Å². The van der Waals surface area contributed by atoms with Gasteiger partial charge >= 0.3 is 5.97 Å². The summed E-state index contributed by atoms with van der Waals surface area (Å²) in [7, 11) is 0. The number of carboxylic acids is 1. The molecule has 86 valence electrons. The SMILES string of the molecule is O=C(O)c1nc(-c2ccccc2Br)ncc1Br. The van der Waals surface area contributed by atoms with E-state index in [2.05, 4.69) is 41.8 Å². The molecule has 0 amide bonds. The van der Waals surface area contributed by atoms with Crippen molar-refractivity contribution in [1.29, 1.82) is 0 Å². The van der Waals surface area contributed by atoms with Crippen LogP contribution in [0.5, 0.6) is 0 Å². The maximum Gasteiger partial charge on any atom is 0.355 e. The molecule has 0 aliphatic rings. The van der Waals surface area contributed by atoms with Crippen molar-refractivity contribution >= 4 is 37.8 Å². The van der Waals surface area contributed by atoms with Crippen LogP contribution in [0.15, 0.2) is 39.4 Å². The zero-order chi connectivity index (χ0) is 12.4. The van der Waals surface area contributed by atoms with E-state index in [9.17, 15) is 4.79 Å². The van der Waals surface area contributed by atoms with Crippen molar-refractivity contribution in [2.45, 2.75) is 0 Å². The highest BCUT2D eigenvalue weighted by molar-refractivity contribution is 9.10. The van der Waals surface area contributed by atoms with Crippen molar-refractivity contribution in [3.05, 3.63) is 45.1 Å². The first-order chi connectivity index (χ1) is 8.09. The summed E-state index contributed by atoms with van der Waals surface area (Å²) in [5, 5.41) is 8.97. The molecule has 1 aromatic carbocycles. The van der Waals surface area contributed by atoms with Crippen molar-refractivity contribution in [2.75, 3.05) is 0 Å². The Morgan fingerprint density at radius 3 is 2.53 bits per heavy atom. The highest BCUT2D eigenvalue weighted by atomic mass is 79.9. The van der Waals surface area contributed by atoms with Gasteiger partial charge in [0.15, 0.2) is 11.5 Å². The van der Waals surface area contributed by atoms with Crippen molar-refractivity contribution in [3.8, 4) is 11.4 Å². The number of hydrogen-bond acceptors (Lipinski definition) is 3. The monoisotopic (exact) mass is 356 g/mol. The third-order valence-electron chi connectivity index (χ3n) is 2.06. The third kappa shape index (κ3) is 2.53. The Morgan fingerprint density at radius 1 is 1.18 bits per heavy atom. The second-order valence-corrected chi connectivity index (χ2v) is 4.88. The predicted molar refractivity (Wildman–Crippen MR) is 69.8 cm³/mol. The second-order valence-electron chi connectivity index (χ2n) is 3.18. The minimum Gasteiger partial charge on any atom is -0.476 e. The Balaban J connectivity index is 2.58. The largest absolute Gasteiger partial charge is 0.476 e. The van der Waals surface area contributed by atoms with Crippen LogP contribution in [0.25, 0.3) is 11.4 Å². The molecular weight excluding hydrogens is 352 g/mol. The lowest BCUT2D eigenvalue weighted by Gasteiger charge is -2.04. The second kappa shape index (κ2) is 4.93. The minimum absolute atomic E-state index is 0.0502. The van der Waals surface area contributed by atoms with E-state index >= 15 is 0 Å². The summed E-state index contributed by atoms with van der Waals surface area (Å²) in [5.41, 5.74) is 0.702. The van der Waals surface area contributed by atoms with E-state index in [0.717, 1.165) is 10.0 Å². The van der Waals surface area contributed by atoms with Gasteiger partial charge in [0.2, 0.25) is 0 Å². The van der Waals surface area contributed by atoms with Gasteiger partial charge in [-0.2, -0.15) is 0 Å². The summed E-state index contributed by atoms with van der Waals surface area (Å²) in [4.78, 5) is 19.1. The molecule has 1 aromatic heterocycles. The van der Waals surface area contributed by atoms with E-state index < -0.39 is 5.97 Å². The van der Waals surface area contributed by atoms with Gasteiger partial charge in [-0.3, -0.25) is 0 Å². The highest BCUT2D eigenvalue weighted by Crippen LogP contribution is 2.26. The maximum atomic E-state index is 11.0. The summed E-state index contributed by atoms with van der Waals surface area (Å²) < 4.78 is 1.18. The van der Waals surface area contributed by atoms with Crippen LogP contribution in [0.1, 0.15) is 10.5 Å². The van der Waals surface area contributed by atoms with Gasteiger partial charge in [-0.1, -0.05) is 34.1 Å². The topological polar surface area (TPSA) is 63.1 Å². The zero-order valence-corrected chi connectivity index (χ0v) is 11.6. The van der Waals surface area contributed by atoms with Gasteiger partial charge in [0, 0.05) is 16.2 Å². The van der Waals surface area contributed by atoms with Gasteiger partial charge in [-0.15, -0.1) is 0 Å². The number of halogens is 2. The van der Waals surface area contributed by atoms with Gasteiger partial charge in [-0.05, 0) is 22.0 Å². The van der Waals surface area contributed by atoms with Crippen molar-refractivity contribution in [1.82, 2.24) is 9.97 Å². The molecule has 1 heterocycles. The molecule has 4 nitrogen and oxygen atoms in total. The van der Waals surface area contributed by atoms with Gasteiger partial charge in [-0.25, -0.2) is 14.8 Å². The van der Waals surface area contributed by atoms with Crippen LogP contribution in [0.4, 0.5) is 0 Å². The quantitative estimate of drug-likeness (QED) is 0.894. The molecule has 0 fully saturated rings. The fraction of sp³-hybridized carbons (Fsp3) is 0. The standard InChI is InChI=1S/C11H6Br2N2O2/c12-7-4-2-1-3-6(7)10-14-5-8(13)9(15-10)11(16)17/h1-5H,(H,16,17). The van der Waals surface area contributed by atoms with E-state index in [-0.39, 0.29) is 5.69 Å². The molecule has 0 radical (unpaired) electrons. The van der Waals surface area contributed by atoms with Crippen LogP contribution >= 0.6 is 31.9 Å². The summed E-state index contributed by atoms with van der Waals surface area (Å²) in [6, 6.07) is 7.37. The van der Waals surface area contributed by atoms with Crippen molar-refractivity contribution < 1.29 is 9.90 Å². The molecule has 0 unspecified atom stereocenters. The minimum atomic E-state index is -1.09. The Hall–Kier alpha value is -1.27. The van der Waals surface area contributed by atoms with E-state index in [1.807, 2.05) is 24.3 Å². The fourth-order valence-corrected chi connectivity index (χ4v) is 2.11. The van der Waals surface area contributed by atoms with E-state index in [4.69, 9.17) is 5.11 Å². The molecule has 0 aliphatic heterocycles. The lowest BCUT2D eigenvalue weighted by molar-refractivity contribution is 0.0689. The predicted octanol–water partition coefficient (Wildman–Crippen LogP) is 3.37. The van der Waals surface area contributed by atoms with Gasteiger partial charge < -0.3 is 5.11 Å². The molecule has 6 heteroatoms. The molecule has 1 N–H and O–H groups in total. The average molecular weight is 358 g/mol. The Kier molecular flexibility index (Phi) is 3.54. The molecule has 0 atom stereocenters. The lowest BCUT2D eigenvalue weighted by Crippen LogP contribution is -2.04. The lowest BCUT2D eigenvalue weighted by atomic mass is 10.2. The molecular formula is C11H6Br2N2O2. The molecule has 0 saturated heterocycles. The van der Waals surface area contributed by atoms with Crippen LogP contribution in [0.2, 0.25) is 0 Å². The number of rotatable bonds is 2. The Bertz CT molecular complexity index is 587. The molecule has 0 saturated carbocycles. The molecule has 0 spiro atoms. The first-order valence-corrected chi connectivity index (χ1v) is 6.19. The van der Waals surface area contributed by atoms with Crippen LogP contribution in [0, 0.1) is 0 Å². The van der Waals surface area contributed by atoms with Crippen LogP contribution in [-0.4, -0.2) is 21.0 Å². The molecule has 0 bridgehead atoms. The first kappa shape index (κ1) is 12.2.